The van der Waals surface area contributed by atoms with Gasteiger partial charge in [-0.25, -0.2) is 4.98 Å². The lowest BCUT2D eigenvalue weighted by atomic mass is 10.1. The van der Waals surface area contributed by atoms with Crippen LogP contribution in [0.3, 0.4) is 0 Å². The van der Waals surface area contributed by atoms with Crippen molar-refractivity contribution in [1.82, 2.24) is 4.98 Å². The number of thiazole rings is 1. The summed E-state index contributed by atoms with van der Waals surface area (Å²) >= 11 is 1.33. The molecule has 1 aromatic carbocycles. The number of nitrogens with two attached hydrogens (primary N) is 1. The summed E-state index contributed by atoms with van der Waals surface area (Å²) in [6.07, 6.45) is -0.617. The molecule has 138 valence electrons. The van der Waals surface area contributed by atoms with E-state index in [2.05, 4.69) is 10.3 Å². The number of alkyl halides is 3. The zero-order valence-corrected chi connectivity index (χ0v) is 14.7. The third-order valence-electron chi connectivity index (χ3n) is 4.77. The van der Waals surface area contributed by atoms with Gasteiger partial charge in [-0.05, 0) is 37.3 Å². The number of carbonyl (C=O) groups excluding carboxylic acids is 1. The minimum absolute atomic E-state index is 0.237. The summed E-state index contributed by atoms with van der Waals surface area (Å²) in [5.74, 6) is 0.102. The monoisotopic (exact) mass is 381 g/mol. The van der Waals surface area contributed by atoms with Crippen molar-refractivity contribution in [3.8, 4) is 0 Å². The fourth-order valence-electron chi connectivity index (χ4n) is 2.85. The van der Waals surface area contributed by atoms with Crippen LogP contribution >= 0.6 is 11.3 Å². The first-order valence-electron chi connectivity index (χ1n) is 8.51. The van der Waals surface area contributed by atoms with Crippen LogP contribution in [0.2, 0.25) is 0 Å². The van der Waals surface area contributed by atoms with E-state index in [-0.39, 0.29) is 5.91 Å². The molecule has 4 rings (SSSR count). The van der Waals surface area contributed by atoms with Crippen LogP contribution in [0.25, 0.3) is 0 Å². The Morgan fingerprint density at radius 3 is 2.69 bits per heavy atom. The van der Waals surface area contributed by atoms with E-state index in [1.807, 2.05) is 0 Å². The molecule has 0 spiro atoms. The fraction of sp³-hybridized carbons (Fsp3) is 0.444. The van der Waals surface area contributed by atoms with Crippen molar-refractivity contribution >= 4 is 22.4 Å². The predicted molar refractivity (Wildman–Crippen MR) is 93.1 cm³/mol. The number of hydrogen-bond donors (Lipinski definition) is 2. The molecule has 0 atom stereocenters. The normalized spacial score (nSPS) is 18.6. The van der Waals surface area contributed by atoms with Crippen LogP contribution in [0.5, 0.6) is 0 Å². The van der Waals surface area contributed by atoms with E-state index in [1.54, 1.807) is 6.07 Å². The van der Waals surface area contributed by atoms with Crippen molar-refractivity contribution in [2.45, 2.75) is 49.7 Å². The number of benzene rings is 1. The lowest BCUT2D eigenvalue weighted by molar-refractivity contribution is -0.137. The molecule has 0 unspecified atom stereocenters. The highest BCUT2D eigenvalue weighted by atomic mass is 32.1. The van der Waals surface area contributed by atoms with Gasteiger partial charge in [-0.1, -0.05) is 18.2 Å². The SMILES string of the molecule is NC1(C(=O)Nc2nc(C3CC3)c(Cc3cccc(C(F)(F)F)c3)s2)CC1. The van der Waals surface area contributed by atoms with E-state index >= 15 is 0 Å². The maximum atomic E-state index is 12.9. The van der Waals surface area contributed by atoms with Gasteiger partial charge < -0.3 is 11.1 Å². The molecule has 2 aliphatic rings. The lowest BCUT2D eigenvalue weighted by Gasteiger charge is -2.08. The van der Waals surface area contributed by atoms with Gasteiger partial charge in [-0.3, -0.25) is 4.79 Å². The number of rotatable bonds is 5. The molecule has 1 aromatic heterocycles. The summed E-state index contributed by atoms with van der Waals surface area (Å²) < 4.78 is 38.8. The molecule has 8 heteroatoms. The summed E-state index contributed by atoms with van der Waals surface area (Å²) in [6.45, 7) is 0. The maximum Gasteiger partial charge on any atom is 0.416 e. The van der Waals surface area contributed by atoms with Gasteiger partial charge in [0.05, 0.1) is 16.8 Å². The summed E-state index contributed by atoms with van der Waals surface area (Å²) in [6, 6.07) is 5.35. The molecule has 2 saturated carbocycles. The third-order valence-corrected chi connectivity index (χ3v) is 5.76. The molecule has 1 amide bonds. The Bertz CT molecular complexity index is 854. The second kappa shape index (κ2) is 6.06. The molecule has 0 bridgehead atoms. The van der Waals surface area contributed by atoms with Crippen LogP contribution in [-0.2, 0) is 17.4 Å². The Morgan fingerprint density at radius 2 is 2.08 bits per heavy atom. The average molecular weight is 381 g/mol. The van der Waals surface area contributed by atoms with Crippen LogP contribution in [0.4, 0.5) is 18.3 Å². The topological polar surface area (TPSA) is 68.0 Å². The minimum Gasteiger partial charge on any atom is -0.317 e. The first kappa shape index (κ1) is 17.5. The molecule has 2 fully saturated rings. The van der Waals surface area contributed by atoms with Crippen LogP contribution in [-0.4, -0.2) is 16.4 Å². The summed E-state index contributed by atoms with van der Waals surface area (Å²) in [5.41, 5.74) is 5.93. The molecule has 3 N–H and O–H groups in total. The van der Waals surface area contributed by atoms with Gasteiger partial charge in [0, 0.05) is 17.2 Å². The van der Waals surface area contributed by atoms with Gasteiger partial charge in [0.15, 0.2) is 5.13 Å². The molecule has 2 aliphatic carbocycles. The Labute approximate surface area is 152 Å². The van der Waals surface area contributed by atoms with Crippen molar-refractivity contribution in [1.29, 1.82) is 0 Å². The highest BCUT2D eigenvalue weighted by Gasteiger charge is 2.46. The quantitative estimate of drug-likeness (QED) is 0.821. The van der Waals surface area contributed by atoms with E-state index < -0.39 is 17.3 Å². The van der Waals surface area contributed by atoms with Gasteiger partial charge in [0.25, 0.3) is 0 Å². The molecule has 0 radical (unpaired) electrons. The molecule has 0 saturated heterocycles. The molecule has 4 nitrogen and oxygen atoms in total. The summed E-state index contributed by atoms with van der Waals surface area (Å²) in [5, 5.41) is 3.25. The Hall–Kier alpha value is -1.93. The van der Waals surface area contributed by atoms with Crippen LogP contribution in [0, 0.1) is 0 Å². The standard InChI is InChI=1S/C18H18F3N3OS/c19-18(20,21)12-3-1-2-10(8-12)9-13-14(11-4-5-11)23-16(26-13)24-15(25)17(22)6-7-17/h1-3,8,11H,4-7,9,22H2,(H,23,24,25). The number of halogens is 3. The predicted octanol–water partition coefficient (Wildman–Crippen LogP) is 4.06. The van der Waals surface area contributed by atoms with Crippen molar-refractivity contribution in [3.05, 3.63) is 46.0 Å². The zero-order valence-electron chi connectivity index (χ0n) is 13.9. The van der Waals surface area contributed by atoms with E-state index in [4.69, 9.17) is 5.73 Å². The van der Waals surface area contributed by atoms with Crippen LogP contribution < -0.4 is 11.1 Å². The number of nitrogens with one attached hydrogen (secondary N) is 1. The maximum absolute atomic E-state index is 12.9. The minimum atomic E-state index is -4.36. The number of amides is 1. The van der Waals surface area contributed by atoms with Crippen LogP contribution in [0.1, 0.15) is 53.3 Å². The number of hydrogen-bond acceptors (Lipinski definition) is 4. The van der Waals surface area contributed by atoms with Gasteiger partial charge in [-0.15, -0.1) is 11.3 Å². The number of nitrogens with zero attached hydrogens (tertiary/aromatic N) is 1. The first-order chi connectivity index (χ1) is 12.2. The number of carbonyl (C=O) groups is 1. The highest BCUT2D eigenvalue weighted by Crippen LogP contribution is 2.44. The van der Waals surface area contributed by atoms with Gasteiger partial charge in [0.2, 0.25) is 5.91 Å². The van der Waals surface area contributed by atoms with Crippen molar-refractivity contribution in [3.63, 3.8) is 0 Å². The van der Waals surface area contributed by atoms with Crippen molar-refractivity contribution < 1.29 is 18.0 Å². The van der Waals surface area contributed by atoms with Gasteiger partial charge in [-0.2, -0.15) is 13.2 Å². The van der Waals surface area contributed by atoms with Gasteiger partial charge >= 0.3 is 6.18 Å². The third kappa shape index (κ3) is 3.61. The number of aromatic nitrogens is 1. The van der Waals surface area contributed by atoms with Crippen molar-refractivity contribution in [2.75, 3.05) is 5.32 Å². The summed E-state index contributed by atoms with van der Waals surface area (Å²) in [7, 11) is 0. The Balaban J connectivity index is 1.57. The first-order valence-corrected chi connectivity index (χ1v) is 9.32. The second-order valence-electron chi connectivity index (χ2n) is 7.09. The van der Waals surface area contributed by atoms with Crippen LogP contribution in [0.15, 0.2) is 24.3 Å². The molecule has 2 aromatic rings. The Kier molecular flexibility index (Phi) is 4.07. The average Bonchev–Trinajstić information content (AvgIpc) is 3.49. The molecular formula is C18H18F3N3OS. The Morgan fingerprint density at radius 1 is 1.35 bits per heavy atom. The second-order valence-corrected chi connectivity index (χ2v) is 8.17. The van der Waals surface area contributed by atoms with E-state index in [1.165, 1.54) is 23.5 Å². The molecule has 26 heavy (non-hydrogen) atoms. The van der Waals surface area contributed by atoms with Crippen molar-refractivity contribution in [2.24, 2.45) is 5.73 Å². The molecule has 1 heterocycles. The number of anilines is 1. The highest BCUT2D eigenvalue weighted by molar-refractivity contribution is 7.15. The summed E-state index contributed by atoms with van der Waals surface area (Å²) in [4.78, 5) is 17.6. The molecular weight excluding hydrogens is 363 g/mol. The van der Waals surface area contributed by atoms with E-state index in [9.17, 15) is 18.0 Å². The fourth-order valence-corrected chi connectivity index (χ4v) is 3.92. The lowest BCUT2D eigenvalue weighted by Crippen LogP contribution is -2.37. The van der Waals surface area contributed by atoms with Gasteiger partial charge in [0.1, 0.15) is 0 Å². The van der Waals surface area contributed by atoms with E-state index in [0.29, 0.717) is 35.9 Å². The zero-order chi connectivity index (χ0) is 18.5. The molecule has 0 aliphatic heterocycles. The largest absolute Gasteiger partial charge is 0.416 e. The van der Waals surface area contributed by atoms with E-state index in [0.717, 1.165) is 29.5 Å². The smallest absolute Gasteiger partial charge is 0.317 e.